The molecule has 7 heteroatoms. The smallest absolute Gasteiger partial charge is 0.239 e. The molecule has 0 saturated carbocycles. The summed E-state index contributed by atoms with van der Waals surface area (Å²) in [7, 11) is 1.68. The summed E-state index contributed by atoms with van der Waals surface area (Å²) in [5.74, 6) is 0.569. The lowest BCUT2D eigenvalue weighted by Crippen LogP contribution is -2.48. The van der Waals surface area contributed by atoms with Gasteiger partial charge in [0.15, 0.2) is 5.96 Å². The van der Waals surface area contributed by atoms with Gasteiger partial charge < -0.3 is 20.7 Å². The van der Waals surface area contributed by atoms with Crippen molar-refractivity contribution in [3.05, 3.63) is 35.4 Å². The van der Waals surface area contributed by atoms with Gasteiger partial charge in [0.25, 0.3) is 0 Å². The van der Waals surface area contributed by atoms with E-state index in [-0.39, 0.29) is 42.0 Å². The van der Waals surface area contributed by atoms with Crippen molar-refractivity contribution in [3.8, 4) is 0 Å². The van der Waals surface area contributed by atoms with Gasteiger partial charge in [-0.3, -0.25) is 4.79 Å². The number of nitrogens with zero attached hydrogens (tertiary/aromatic N) is 1. The van der Waals surface area contributed by atoms with Crippen molar-refractivity contribution in [2.45, 2.75) is 46.4 Å². The molecule has 0 aliphatic heterocycles. The topological polar surface area (TPSA) is 74.8 Å². The molecule has 142 valence electrons. The minimum atomic E-state index is -0.238. The van der Waals surface area contributed by atoms with Gasteiger partial charge in [0.1, 0.15) is 0 Å². The molecular formula is C18H31IN4O2. The van der Waals surface area contributed by atoms with Crippen molar-refractivity contribution in [2.75, 3.05) is 20.2 Å². The lowest BCUT2D eigenvalue weighted by molar-refractivity contribution is -0.121. The van der Waals surface area contributed by atoms with Crippen LogP contribution in [0.4, 0.5) is 0 Å². The third-order valence-corrected chi connectivity index (χ3v) is 3.03. The monoisotopic (exact) mass is 462 g/mol. The number of hydrogen-bond donors (Lipinski definition) is 3. The van der Waals surface area contributed by atoms with E-state index in [0.29, 0.717) is 19.1 Å². The first kappa shape index (κ1) is 23.6. The summed E-state index contributed by atoms with van der Waals surface area (Å²) >= 11 is 0. The van der Waals surface area contributed by atoms with Gasteiger partial charge in [-0.2, -0.15) is 0 Å². The van der Waals surface area contributed by atoms with Crippen molar-refractivity contribution in [3.63, 3.8) is 0 Å². The van der Waals surface area contributed by atoms with E-state index in [2.05, 4.69) is 20.9 Å². The van der Waals surface area contributed by atoms with Crippen LogP contribution >= 0.6 is 24.0 Å². The van der Waals surface area contributed by atoms with Crippen LogP contribution < -0.4 is 16.0 Å². The predicted molar refractivity (Wildman–Crippen MR) is 113 cm³/mol. The van der Waals surface area contributed by atoms with E-state index < -0.39 is 0 Å². The van der Waals surface area contributed by atoms with Crippen LogP contribution in [0.5, 0.6) is 0 Å². The summed E-state index contributed by atoms with van der Waals surface area (Å²) in [6.45, 7) is 9.94. The van der Waals surface area contributed by atoms with Gasteiger partial charge in [0, 0.05) is 19.2 Å². The predicted octanol–water partition coefficient (Wildman–Crippen LogP) is 2.42. The Hall–Kier alpha value is -1.35. The SMILES string of the molecule is CCNC(=NCc1ccc(COC)cc1)NCC(=O)NC(C)(C)C.I. The molecule has 0 heterocycles. The summed E-state index contributed by atoms with van der Waals surface area (Å²) in [5, 5.41) is 9.11. The molecule has 0 bridgehead atoms. The van der Waals surface area contributed by atoms with Gasteiger partial charge >= 0.3 is 0 Å². The zero-order valence-electron chi connectivity index (χ0n) is 15.8. The summed E-state index contributed by atoms with van der Waals surface area (Å²) in [4.78, 5) is 16.4. The molecule has 3 N–H and O–H groups in total. The Kier molecular flexibility index (Phi) is 11.4. The summed E-state index contributed by atoms with van der Waals surface area (Å²) in [6.07, 6.45) is 0. The van der Waals surface area contributed by atoms with Crippen molar-refractivity contribution < 1.29 is 9.53 Å². The molecule has 0 atom stereocenters. The zero-order chi connectivity index (χ0) is 18.0. The van der Waals surface area contributed by atoms with Gasteiger partial charge in [0.05, 0.1) is 19.7 Å². The van der Waals surface area contributed by atoms with Crippen molar-refractivity contribution >= 4 is 35.8 Å². The van der Waals surface area contributed by atoms with Crippen molar-refractivity contribution in [1.82, 2.24) is 16.0 Å². The molecule has 0 aliphatic rings. The second-order valence-corrected chi connectivity index (χ2v) is 6.60. The highest BCUT2D eigenvalue weighted by Gasteiger charge is 2.13. The quantitative estimate of drug-likeness (QED) is 0.331. The van der Waals surface area contributed by atoms with Crippen LogP contribution in [0.25, 0.3) is 0 Å². The van der Waals surface area contributed by atoms with Gasteiger partial charge in [-0.15, -0.1) is 24.0 Å². The fraction of sp³-hybridized carbons (Fsp3) is 0.556. The molecule has 1 amide bonds. The second kappa shape index (κ2) is 12.1. The van der Waals surface area contributed by atoms with Crippen molar-refractivity contribution in [1.29, 1.82) is 0 Å². The van der Waals surface area contributed by atoms with E-state index in [1.165, 1.54) is 0 Å². The maximum absolute atomic E-state index is 11.9. The number of methoxy groups -OCH3 is 1. The van der Waals surface area contributed by atoms with Crippen LogP contribution in [0.3, 0.4) is 0 Å². The molecule has 0 spiro atoms. The Bertz CT molecular complexity index is 539. The first-order valence-corrected chi connectivity index (χ1v) is 8.24. The van der Waals surface area contributed by atoms with E-state index in [4.69, 9.17) is 4.74 Å². The average molecular weight is 462 g/mol. The lowest BCUT2D eigenvalue weighted by atomic mass is 10.1. The number of amides is 1. The molecule has 1 aromatic carbocycles. The van der Waals surface area contributed by atoms with E-state index >= 15 is 0 Å². The Morgan fingerprint density at radius 2 is 1.72 bits per heavy atom. The molecular weight excluding hydrogens is 431 g/mol. The standard InChI is InChI=1S/C18H30N4O2.HI/c1-6-19-17(21-12-16(23)22-18(2,3)4)20-11-14-7-9-15(10-8-14)13-24-5;/h7-10H,6,11-13H2,1-5H3,(H,22,23)(H2,19,20,21);1H. The lowest BCUT2D eigenvalue weighted by Gasteiger charge is -2.21. The molecule has 0 aromatic heterocycles. The molecule has 1 rings (SSSR count). The molecule has 0 aliphatic carbocycles. The van der Waals surface area contributed by atoms with Crippen molar-refractivity contribution in [2.24, 2.45) is 4.99 Å². The Morgan fingerprint density at radius 3 is 2.24 bits per heavy atom. The van der Waals surface area contributed by atoms with Crippen LogP contribution in [0.2, 0.25) is 0 Å². The highest BCUT2D eigenvalue weighted by Crippen LogP contribution is 2.06. The number of ether oxygens (including phenoxy) is 1. The average Bonchev–Trinajstić information content (AvgIpc) is 2.50. The zero-order valence-corrected chi connectivity index (χ0v) is 18.1. The molecule has 0 unspecified atom stereocenters. The molecule has 0 saturated heterocycles. The summed E-state index contributed by atoms with van der Waals surface area (Å²) < 4.78 is 5.10. The van der Waals surface area contributed by atoms with Crippen LogP contribution in [0.15, 0.2) is 29.3 Å². The van der Waals surface area contributed by atoms with E-state index in [1.807, 2.05) is 52.0 Å². The molecule has 1 aromatic rings. The number of hydrogen-bond acceptors (Lipinski definition) is 3. The fourth-order valence-corrected chi connectivity index (χ4v) is 2.05. The number of benzene rings is 1. The summed E-state index contributed by atoms with van der Waals surface area (Å²) in [5.41, 5.74) is 2.00. The van der Waals surface area contributed by atoms with E-state index in [1.54, 1.807) is 7.11 Å². The van der Waals surface area contributed by atoms with Gasteiger partial charge in [-0.05, 0) is 38.8 Å². The summed E-state index contributed by atoms with van der Waals surface area (Å²) in [6, 6.07) is 8.14. The maximum atomic E-state index is 11.9. The number of guanidine groups is 1. The molecule has 6 nitrogen and oxygen atoms in total. The number of carbonyl (C=O) groups excluding carboxylic acids is 1. The molecule has 0 radical (unpaired) electrons. The van der Waals surface area contributed by atoms with E-state index in [9.17, 15) is 4.79 Å². The fourth-order valence-electron chi connectivity index (χ4n) is 2.05. The van der Waals surface area contributed by atoms with E-state index in [0.717, 1.165) is 17.7 Å². The highest BCUT2D eigenvalue weighted by atomic mass is 127. The number of rotatable bonds is 7. The minimum absolute atomic E-state index is 0. The second-order valence-electron chi connectivity index (χ2n) is 6.60. The first-order chi connectivity index (χ1) is 11.3. The maximum Gasteiger partial charge on any atom is 0.239 e. The van der Waals surface area contributed by atoms with Crippen LogP contribution in [-0.2, 0) is 22.7 Å². The van der Waals surface area contributed by atoms with Crippen LogP contribution in [-0.4, -0.2) is 37.6 Å². The Morgan fingerprint density at radius 1 is 1.12 bits per heavy atom. The van der Waals surface area contributed by atoms with Crippen LogP contribution in [0, 0.1) is 0 Å². The first-order valence-electron chi connectivity index (χ1n) is 8.24. The third kappa shape index (κ3) is 11.0. The van der Waals surface area contributed by atoms with Gasteiger partial charge in [0.2, 0.25) is 5.91 Å². The highest BCUT2D eigenvalue weighted by molar-refractivity contribution is 14.0. The molecule has 0 fully saturated rings. The van der Waals surface area contributed by atoms with Crippen LogP contribution in [0.1, 0.15) is 38.8 Å². The number of halogens is 1. The normalized spacial score (nSPS) is 11.5. The van der Waals surface area contributed by atoms with Gasteiger partial charge in [-0.1, -0.05) is 24.3 Å². The largest absolute Gasteiger partial charge is 0.380 e. The minimum Gasteiger partial charge on any atom is -0.380 e. The number of carbonyl (C=O) groups is 1. The number of nitrogens with one attached hydrogen (secondary N) is 3. The Labute approximate surface area is 168 Å². The number of aliphatic imine (C=N–C) groups is 1. The third-order valence-electron chi connectivity index (χ3n) is 3.03. The Balaban J connectivity index is 0.00000576. The van der Waals surface area contributed by atoms with Gasteiger partial charge in [-0.25, -0.2) is 4.99 Å². The molecule has 25 heavy (non-hydrogen) atoms.